The fraction of sp³-hybridized carbons (Fsp3) is 0.333. The Hall–Kier alpha value is -3.60. The number of aryl methyl sites for hydroxylation is 2. The Morgan fingerprint density at radius 3 is 1.11 bits per heavy atom. The van der Waals surface area contributed by atoms with Crippen molar-refractivity contribution in [3.63, 3.8) is 0 Å². The number of imidazole rings is 2. The molecule has 0 saturated carbocycles. The Kier molecular flexibility index (Phi) is 4.69. The van der Waals surface area contributed by atoms with Crippen molar-refractivity contribution in [1.29, 1.82) is 0 Å². The smallest absolute Gasteiger partial charge is 0.304 e. The zero-order valence-electron chi connectivity index (χ0n) is 16.8. The first-order valence-electron chi connectivity index (χ1n) is 9.49. The molecule has 192 valence electrons. The lowest BCUT2D eigenvalue weighted by molar-refractivity contribution is -0.146. The molecule has 5 rings (SSSR count). The van der Waals surface area contributed by atoms with Gasteiger partial charge in [0.2, 0.25) is 0 Å². The molecule has 0 amide bonds. The van der Waals surface area contributed by atoms with E-state index in [9.17, 15) is 52.7 Å². The lowest BCUT2D eigenvalue weighted by Crippen LogP contribution is -2.19. The predicted octanol–water partition coefficient (Wildman–Crippen LogP) is 5.93. The van der Waals surface area contributed by atoms with Crippen LogP contribution in [0.1, 0.15) is 22.5 Å². The Bertz CT molecular complexity index is 1420. The van der Waals surface area contributed by atoms with E-state index in [1.54, 1.807) is 0 Å². The van der Waals surface area contributed by atoms with Gasteiger partial charge in [-0.15, -0.1) is 0 Å². The largest absolute Gasteiger partial charge is 0.433 e. The summed E-state index contributed by atoms with van der Waals surface area (Å²) < 4.78 is 162. The maximum atomic E-state index is 13.5. The van der Waals surface area contributed by atoms with Crippen LogP contribution in [-0.2, 0) is 37.8 Å². The second-order valence-electron chi connectivity index (χ2n) is 7.62. The van der Waals surface area contributed by atoms with Gasteiger partial charge in [-0.25, -0.2) is 19.9 Å². The second kappa shape index (κ2) is 7.00. The van der Waals surface area contributed by atoms with Gasteiger partial charge in [0.15, 0.2) is 22.9 Å². The molecule has 5 heterocycles. The third-order valence-electron chi connectivity index (χ3n) is 5.35. The van der Waals surface area contributed by atoms with Crippen LogP contribution < -0.4 is 0 Å². The summed E-state index contributed by atoms with van der Waals surface area (Å²) in [6.45, 7) is -0.982. The molecule has 36 heavy (non-hydrogen) atoms. The predicted molar refractivity (Wildman–Crippen MR) is 94.1 cm³/mol. The number of rotatable bonds is 0. The third kappa shape index (κ3) is 3.60. The zero-order chi connectivity index (χ0) is 26.6. The van der Waals surface area contributed by atoms with Crippen LogP contribution in [0.3, 0.4) is 0 Å². The number of halogens is 12. The van der Waals surface area contributed by atoms with E-state index in [2.05, 4.69) is 19.9 Å². The summed E-state index contributed by atoms with van der Waals surface area (Å²) in [7, 11) is 0. The molecule has 4 aromatic rings. The van der Waals surface area contributed by atoms with E-state index in [-0.39, 0.29) is 12.1 Å². The van der Waals surface area contributed by atoms with E-state index in [0.717, 1.165) is 9.13 Å². The molecule has 0 bridgehead atoms. The number of hydrogen-bond donors (Lipinski definition) is 0. The van der Waals surface area contributed by atoms with Gasteiger partial charge < -0.3 is 9.13 Å². The second-order valence-corrected chi connectivity index (χ2v) is 7.62. The van der Waals surface area contributed by atoms with E-state index in [0.29, 0.717) is 0 Å². The van der Waals surface area contributed by atoms with Crippen LogP contribution in [-0.4, -0.2) is 29.1 Å². The Labute approximate surface area is 189 Å². The number of aromatic nitrogens is 6. The maximum Gasteiger partial charge on any atom is 0.433 e. The summed E-state index contributed by atoms with van der Waals surface area (Å²) >= 11 is 0. The minimum atomic E-state index is -5.32. The molecule has 1 aliphatic heterocycles. The maximum absolute atomic E-state index is 13.5. The molecule has 18 heteroatoms. The Morgan fingerprint density at radius 1 is 0.500 bits per heavy atom. The number of alkyl halides is 12. The quantitative estimate of drug-likeness (QED) is 0.263. The molecule has 0 radical (unpaired) electrons. The topological polar surface area (TPSA) is 61.4 Å². The summed E-state index contributed by atoms with van der Waals surface area (Å²) in [5.74, 6) is -1.23. The normalized spacial score (nSPS) is 15.0. The molecule has 0 spiro atoms. The first kappa shape index (κ1) is 24.1. The highest BCUT2D eigenvalue weighted by atomic mass is 19.4. The molecule has 1 aliphatic rings. The van der Waals surface area contributed by atoms with Crippen LogP contribution in [0.5, 0.6) is 0 Å². The van der Waals surface area contributed by atoms with Crippen molar-refractivity contribution in [3.05, 3.63) is 34.6 Å². The fourth-order valence-electron chi connectivity index (χ4n) is 3.87. The number of nitrogens with zero attached hydrogens (tertiary/aromatic N) is 6. The van der Waals surface area contributed by atoms with Crippen molar-refractivity contribution in [2.24, 2.45) is 0 Å². The van der Waals surface area contributed by atoms with E-state index >= 15 is 0 Å². The van der Waals surface area contributed by atoms with Crippen molar-refractivity contribution in [1.82, 2.24) is 29.1 Å². The van der Waals surface area contributed by atoms with Gasteiger partial charge in [-0.1, -0.05) is 0 Å². The molecule has 0 N–H and O–H groups in total. The van der Waals surface area contributed by atoms with E-state index < -0.39 is 94.3 Å². The van der Waals surface area contributed by atoms with Gasteiger partial charge in [0.25, 0.3) is 0 Å². The molecule has 0 aromatic carbocycles. The Balaban J connectivity index is 1.85. The van der Waals surface area contributed by atoms with Crippen LogP contribution in [0.15, 0.2) is 12.1 Å². The minimum Gasteiger partial charge on any atom is -0.304 e. The van der Waals surface area contributed by atoms with Gasteiger partial charge in [0.1, 0.15) is 22.4 Å². The molecular weight excluding hydrogens is 528 g/mol. The third-order valence-corrected chi connectivity index (χ3v) is 5.35. The molecule has 4 aromatic heterocycles. The highest BCUT2D eigenvalue weighted by molar-refractivity contribution is 5.85. The van der Waals surface area contributed by atoms with Crippen LogP contribution in [0.25, 0.3) is 34.0 Å². The van der Waals surface area contributed by atoms with Crippen LogP contribution in [0.2, 0.25) is 0 Å². The van der Waals surface area contributed by atoms with Gasteiger partial charge in [0.05, 0.1) is 11.1 Å². The summed E-state index contributed by atoms with van der Waals surface area (Å²) in [5, 5.41) is 0. The number of hydrogen-bond acceptors (Lipinski definition) is 4. The van der Waals surface area contributed by atoms with Crippen LogP contribution >= 0.6 is 0 Å². The van der Waals surface area contributed by atoms with E-state index in [1.165, 1.54) is 0 Å². The average Bonchev–Trinajstić information content (AvgIpc) is 3.27. The molecule has 6 nitrogen and oxygen atoms in total. The summed E-state index contributed by atoms with van der Waals surface area (Å²) in [6, 6.07) is -0.521. The highest BCUT2D eigenvalue weighted by Crippen LogP contribution is 2.43. The van der Waals surface area contributed by atoms with Gasteiger partial charge in [-0.3, -0.25) is 0 Å². The minimum absolute atomic E-state index is 0.261. The van der Waals surface area contributed by atoms with Crippen molar-refractivity contribution in [2.45, 2.75) is 37.8 Å². The van der Waals surface area contributed by atoms with Gasteiger partial charge in [-0.2, -0.15) is 52.7 Å². The van der Waals surface area contributed by atoms with Gasteiger partial charge in [0, 0.05) is 13.1 Å². The molecule has 0 unspecified atom stereocenters. The van der Waals surface area contributed by atoms with Crippen LogP contribution in [0, 0.1) is 0 Å². The molecule has 0 aliphatic carbocycles. The van der Waals surface area contributed by atoms with E-state index in [4.69, 9.17) is 0 Å². The highest BCUT2D eigenvalue weighted by Gasteiger charge is 2.44. The SMILES string of the molecule is FC(F)(F)c1cc(C(F)(F)F)c2nc3n(c2n1)CCn1c-3nc2c(C(F)(F)F)cc(C(F)(F)F)nc21. The standard InChI is InChI=1S/C18H6F12N6/c19-15(20,21)5-3-7(17(25,26)27)31-11-9(5)33-13-14-34-10-6(16(22,23)24)4-8(18(28,29)30)32-12(10)36(14)2-1-35(11)13/h3-4H,1-2H2. The van der Waals surface area contributed by atoms with Crippen molar-refractivity contribution in [3.8, 4) is 11.6 Å². The monoisotopic (exact) mass is 534 g/mol. The van der Waals surface area contributed by atoms with Crippen molar-refractivity contribution < 1.29 is 52.7 Å². The van der Waals surface area contributed by atoms with E-state index in [1.807, 2.05) is 0 Å². The molecule has 0 fully saturated rings. The average molecular weight is 534 g/mol. The molecular formula is C18H6F12N6. The summed E-state index contributed by atoms with van der Waals surface area (Å²) in [5.41, 5.74) is -11.2. The first-order valence-corrected chi connectivity index (χ1v) is 9.49. The zero-order valence-corrected chi connectivity index (χ0v) is 16.8. The van der Waals surface area contributed by atoms with Crippen molar-refractivity contribution in [2.75, 3.05) is 0 Å². The van der Waals surface area contributed by atoms with Crippen LogP contribution in [0.4, 0.5) is 52.7 Å². The van der Waals surface area contributed by atoms with Gasteiger partial charge >= 0.3 is 24.7 Å². The molecule has 0 atom stereocenters. The Morgan fingerprint density at radius 2 is 0.833 bits per heavy atom. The summed E-state index contributed by atoms with van der Waals surface area (Å²) in [4.78, 5) is 13.7. The van der Waals surface area contributed by atoms with Gasteiger partial charge in [-0.05, 0) is 12.1 Å². The number of fused-ring (bicyclic) bond motifs is 7. The fourth-order valence-corrected chi connectivity index (χ4v) is 3.87. The first-order chi connectivity index (χ1) is 16.4. The summed E-state index contributed by atoms with van der Waals surface area (Å²) in [6.07, 6.45) is -21.2. The van der Waals surface area contributed by atoms with Crippen molar-refractivity contribution >= 4 is 22.3 Å². The lowest BCUT2D eigenvalue weighted by atomic mass is 10.2. The lowest BCUT2D eigenvalue weighted by Gasteiger charge is -2.18. The number of pyridine rings is 2. The molecule has 0 saturated heterocycles.